The minimum atomic E-state index is -0.468. The molecule has 0 saturated carbocycles. The number of carbonyl (C=O) groups excluding carboxylic acids is 1. The van der Waals surface area contributed by atoms with Crippen molar-refractivity contribution in [3.63, 3.8) is 0 Å². The third kappa shape index (κ3) is 4.85. The Bertz CT molecular complexity index is 377. The van der Waals surface area contributed by atoms with Gasteiger partial charge in [-0.25, -0.2) is 0 Å². The smallest absolute Gasteiger partial charge is 0.245 e. The lowest BCUT2D eigenvalue weighted by atomic mass is 10.0. The summed E-state index contributed by atoms with van der Waals surface area (Å²) in [5.74, 6) is -0.350. The Balaban J connectivity index is 2.52. The lowest BCUT2D eigenvalue weighted by molar-refractivity contribution is -0.124. The molecule has 0 radical (unpaired) electrons. The number of hydrogen-bond donors (Lipinski definition) is 3. The van der Waals surface area contributed by atoms with E-state index in [1.54, 1.807) is 0 Å². The predicted octanol–water partition coefficient (Wildman–Crippen LogP) is 1.22. The van der Waals surface area contributed by atoms with E-state index in [9.17, 15) is 4.79 Å². The quantitative estimate of drug-likeness (QED) is 0.711. The molecule has 4 nitrogen and oxygen atoms in total. The molecule has 0 aliphatic rings. The maximum absolute atomic E-state index is 11.0. The molecule has 4 heteroatoms. The van der Waals surface area contributed by atoms with E-state index >= 15 is 0 Å². The van der Waals surface area contributed by atoms with Crippen molar-refractivity contribution in [2.75, 3.05) is 13.2 Å². The number of aliphatic hydroxyl groups is 1. The van der Waals surface area contributed by atoms with Gasteiger partial charge in [-0.2, -0.15) is 0 Å². The maximum Gasteiger partial charge on any atom is 0.245 e. The highest BCUT2D eigenvalue weighted by Gasteiger charge is 2.21. The highest BCUT2D eigenvalue weighted by atomic mass is 16.3. The van der Waals surface area contributed by atoms with Crippen LogP contribution in [-0.4, -0.2) is 29.7 Å². The predicted molar refractivity (Wildman–Crippen MR) is 72.2 cm³/mol. The monoisotopic (exact) mass is 250 g/mol. The topological polar surface area (TPSA) is 61.4 Å². The summed E-state index contributed by atoms with van der Waals surface area (Å²) in [5.41, 5.74) is 0.971. The first kappa shape index (κ1) is 14.7. The van der Waals surface area contributed by atoms with Gasteiger partial charge in [0.1, 0.15) is 6.61 Å². The van der Waals surface area contributed by atoms with Gasteiger partial charge in [0.25, 0.3) is 0 Å². The molecular weight excluding hydrogens is 228 g/mol. The average Bonchev–Trinajstić information content (AvgIpc) is 2.36. The number of benzene rings is 1. The molecule has 0 heterocycles. The lowest BCUT2D eigenvalue weighted by Gasteiger charge is -2.30. The summed E-state index contributed by atoms with van der Waals surface area (Å²) < 4.78 is 0. The zero-order valence-corrected chi connectivity index (χ0v) is 11.2. The molecule has 100 valence electrons. The molecule has 1 atom stereocenters. The van der Waals surface area contributed by atoms with Crippen LogP contribution in [0, 0.1) is 0 Å². The molecule has 18 heavy (non-hydrogen) atoms. The zero-order valence-electron chi connectivity index (χ0n) is 11.2. The van der Waals surface area contributed by atoms with Gasteiger partial charge in [-0.05, 0) is 26.3 Å². The van der Waals surface area contributed by atoms with E-state index in [4.69, 9.17) is 5.11 Å². The van der Waals surface area contributed by atoms with Gasteiger partial charge in [-0.1, -0.05) is 30.3 Å². The largest absolute Gasteiger partial charge is 0.387 e. The van der Waals surface area contributed by atoms with Gasteiger partial charge < -0.3 is 15.7 Å². The van der Waals surface area contributed by atoms with Crippen molar-refractivity contribution in [2.45, 2.75) is 32.4 Å². The second-order valence-electron chi connectivity index (χ2n) is 5.10. The van der Waals surface area contributed by atoms with E-state index in [0.29, 0.717) is 6.54 Å². The van der Waals surface area contributed by atoms with Crippen LogP contribution in [0.4, 0.5) is 0 Å². The molecule has 1 rings (SSSR count). The van der Waals surface area contributed by atoms with Crippen LogP contribution in [0.3, 0.4) is 0 Å². The molecule has 3 N–H and O–H groups in total. The van der Waals surface area contributed by atoms with E-state index < -0.39 is 6.61 Å². The molecule has 1 aromatic rings. The minimum absolute atomic E-state index is 0.201. The van der Waals surface area contributed by atoms with Gasteiger partial charge in [0.05, 0.1) is 0 Å². The van der Waals surface area contributed by atoms with Crippen LogP contribution in [-0.2, 0) is 4.79 Å². The Morgan fingerprint density at radius 1 is 1.33 bits per heavy atom. The van der Waals surface area contributed by atoms with Crippen LogP contribution in [0.15, 0.2) is 30.3 Å². The van der Waals surface area contributed by atoms with Gasteiger partial charge in [-0.15, -0.1) is 0 Å². The fourth-order valence-electron chi connectivity index (χ4n) is 1.84. The second kappa shape index (κ2) is 6.52. The Kier molecular flexibility index (Phi) is 5.31. The highest BCUT2D eigenvalue weighted by Crippen LogP contribution is 2.15. The summed E-state index contributed by atoms with van der Waals surface area (Å²) in [7, 11) is 0. The molecule has 0 bridgehead atoms. The first-order chi connectivity index (χ1) is 8.44. The zero-order chi connectivity index (χ0) is 13.6. The average molecular weight is 250 g/mol. The fraction of sp³-hybridized carbons (Fsp3) is 0.500. The molecule has 0 aromatic heterocycles. The van der Waals surface area contributed by atoms with Crippen molar-refractivity contribution in [3.8, 4) is 0 Å². The minimum Gasteiger partial charge on any atom is -0.387 e. The molecule has 0 aliphatic carbocycles. The van der Waals surface area contributed by atoms with Crippen LogP contribution in [0.1, 0.15) is 32.4 Å². The number of carbonyl (C=O) groups is 1. The van der Waals surface area contributed by atoms with Crippen molar-refractivity contribution < 1.29 is 9.90 Å². The maximum atomic E-state index is 11.0. The van der Waals surface area contributed by atoms with E-state index in [1.807, 2.05) is 32.0 Å². The molecule has 0 saturated heterocycles. The number of amides is 1. The van der Waals surface area contributed by atoms with Crippen molar-refractivity contribution in [2.24, 2.45) is 0 Å². The summed E-state index contributed by atoms with van der Waals surface area (Å²) in [5, 5.41) is 14.8. The second-order valence-corrected chi connectivity index (χ2v) is 5.10. The molecule has 1 unspecified atom stereocenters. The van der Waals surface area contributed by atoms with Gasteiger partial charge in [0, 0.05) is 18.1 Å². The van der Waals surface area contributed by atoms with Crippen molar-refractivity contribution >= 4 is 5.91 Å². The normalized spacial score (nSPS) is 13.1. The van der Waals surface area contributed by atoms with Crippen LogP contribution >= 0.6 is 0 Å². The van der Waals surface area contributed by atoms with Crippen molar-refractivity contribution in [3.05, 3.63) is 35.9 Å². The van der Waals surface area contributed by atoms with Crippen molar-refractivity contribution in [1.29, 1.82) is 0 Å². The fourth-order valence-corrected chi connectivity index (χ4v) is 1.84. The number of hydrogen-bond acceptors (Lipinski definition) is 3. The Morgan fingerprint density at radius 3 is 2.50 bits per heavy atom. The van der Waals surface area contributed by atoms with Gasteiger partial charge in [0.2, 0.25) is 5.91 Å². The summed E-state index contributed by atoms with van der Waals surface area (Å²) in [6.45, 7) is 6.13. The first-order valence-corrected chi connectivity index (χ1v) is 6.15. The van der Waals surface area contributed by atoms with Crippen LogP contribution in [0.2, 0.25) is 0 Å². The molecule has 1 aromatic carbocycles. The third-order valence-electron chi connectivity index (χ3n) is 2.78. The number of rotatable bonds is 6. The Hall–Kier alpha value is -1.39. The Labute approximate surface area is 108 Å². The van der Waals surface area contributed by atoms with Gasteiger partial charge in [-0.3, -0.25) is 4.79 Å². The molecule has 0 fully saturated rings. The summed E-state index contributed by atoms with van der Waals surface area (Å²) in [6, 6.07) is 10.3. The standard InChI is InChI=1S/C14H22N2O2/c1-11(12-7-5-4-6-8-12)16-14(2,3)10-15-13(18)9-17/h4-8,11,16-17H,9-10H2,1-3H3,(H,15,18). The van der Waals surface area contributed by atoms with Crippen molar-refractivity contribution in [1.82, 2.24) is 10.6 Å². The summed E-state index contributed by atoms with van der Waals surface area (Å²) in [6.07, 6.45) is 0. The lowest BCUT2D eigenvalue weighted by Crippen LogP contribution is -2.50. The van der Waals surface area contributed by atoms with Crippen LogP contribution in [0.5, 0.6) is 0 Å². The first-order valence-electron chi connectivity index (χ1n) is 6.15. The summed E-state index contributed by atoms with van der Waals surface area (Å²) in [4.78, 5) is 11.0. The van der Waals surface area contributed by atoms with Gasteiger partial charge >= 0.3 is 0 Å². The SMILES string of the molecule is CC(NC(C)(C)CNC(=O)CO)c1ccccc1. The van der Waals surface area contributed by atoms with Gasteiger partial charge in [0.15, 0.2) is 0 Å². The molecule has 0 spiro atoms. The van der Waals surface area contributed by atoms with E-state index in [0.717, 1.165) is 0 Å². The third-order valence-corrected chi connectivity index (χ3v) is 2.78. The van der Waals surface area contributed by atoms with E-state index in [2.05, 4.69) is 29.7 Å². The number of aliphatic hydroxyl groups excluding tert-OH is 1. The molecular formula is C14H22N2O2. The molecule has 1 amide bonds. The highest BCUT2D eigenvalue weighted by molar-refractivity contribution is 5.76. The van der Waals surface area contributed by atoms with E-state index in [1.165, 1.54) is 5.56 Å². The molecule has 0 aliphatic heterocycles. The van der Waals surface area contributed by atoms with Crippen LogP contribution < -0.4 is 10.6 Å². The Morgan fingerprint density at radius 2 is 1.94 bits per heavy atom. The van der Waals surface area contributed by atoms with Crippen LogP contribution in [0.25, 0.3) is 0 Å². The van der Waals surface area contributed by atoms with E-state index in [-0.39, 0.29) is 17.5 Å². The number of nitrogens with one attached hydrogen (secondary N) is 2. The summed E-state index contributed by atoms with van der Waals surface area (Å²) >= 11 is 0.